The Bertz CT molecular complexity index is 823. The number of rotatable bonds is 2. The number of nitrogen functional groups attached to an aromatic ring is 1. The fourth-order valence-corrected chi connectivity index (χ4v) is 3.19. The molecule has 0 saturated heterocycles. The zero-order valence-electron chi connectivity index (χ0n) is 13.4. The third-order valence-electron chi connectivity index (χ3n) is 4.24. The van der Waals surface area contributed by atoms with Crippen molar-refractivity contribution in [2.45, 2.75) is 38.5 Å². The molecule has 0 unspecified atom stereocenters. The number of pyridine rings is 1. The van der Waals surface area contributed by atoms with Gasteiger partial charge in [-0.2, -0.15) is 5.26 Å². The van der Waals surface area contributed by atoms with Gasteiger partial charge in [-0.05, 0) is 48.9 Å². The van der Waals surface area contributed by atoms with Crippen molar-refractivity contribution >= 4 is 5.82 Å². The van der Waals surface area contributed by atoms with Crippen molar-refractivity contribution in [3.8, 4) is 22.9 Å². The van der Waals surface area contributed by atoms with E-state index in [2.05, 4.69) is 15.8 Å². The van der Waals surface area contributed by atoms with Crippen LogP contribution in [-0.2, 0) is 12.8 Å². The molecule has 130 valence electrons. The molecule has 1 aromatic carbocycles. The zero-order chi connectivity index (χ0) is 18.0. The largest absolute Gasteiger partial charge is 0.573 e. The lowest BCUT2D eigenvalue weighted by molar-refractivity contribution is -0.274. The minimum atomic E-state index is -4.74. The van der Waals surface area contributed by atoms with Crippen LogP contribution in [0.4, 0.5) is 19.0 Å². The molecular formula is C18H16F3N3O. The lowest BCUT2D eigenvalue weighted by Gasteiger charge is -2.16. The van der Waals surface area contributed by atoms with Crippen LogP contribution in [0.3, 0.4) is 0 Å². The SMILES string of the molecule is N#Cc1c(N)nc2c(c1-c1ccc(OC(F)(F)F)cc1)CCCCC2. The number of aromatic nitrogens is 1. The van der Waals surface area contributed by atoms with Crippen LogP contribution in [0.5, 0.6) is 5.75 Å². The van der Waals surface area contributed by atoms with Crippen molar-refractivity contribution in [2.75, 3.05) is 5.73 Å². The second-order valence-corrected chi connectivity index (χ2v) is 5.92. The van der Waals surface area contributed by atoms with Crippen molar-refractivity contribution in [2.24, 2.45) is 0 Å². The Balaban J connectivity index is 2.10. The molecule has 0 atom stereocenters. The van der Waals surface area contributed by atoms with Gasteiger partial charge >= 0.3 is 6.36 Å². The number of benzene rings is 1. The van der Waals surface area contributed by atoms with E-state index in [1.165, 1.54) is 24.3 Å². The summed E-state index contributed by atoms with van der Waals surface area (Å²) in [4.78, 5) is 4.38. The molecule has 4 nitrogen and oxygen atoms in total. The lowest BCUT2D eigenvalue weighted by atomic mass is 9.92. The molecule has 1 heterocycles. The predicted octanol–water partition coefficient (Wildman–Crippen LogP) is 4.37. The molecule has 2 N–H and O–H groups in total. The van der Waals surface area contributed by atoms with Crippen molar-refractivity contribution < 1.29 is 17.9 Å². The summed E-state index contributed by atoms with van der Waals surface area (Å²) in [5.74, 6) is -0.142. The van der Waals surface area contributed by atoms with Gasteiger partial charge in [0, 0.05) is 11.3 Å². The molecule has 2 aromatic rings. The number of hydrogen-bond acceptors (Lipinski definition) is 4. The van der Waals surface area contributed by atoms with Crippen LogP contribution < -0.4 is 10.5 Å². The van der Waals surface area contributed by atoms with Crippen LogP contribution >= 0.6 is 0 Å². The maximum atomic E-state index is 12.3. The molecule has 0 bridgehead atoms. The number of nitrogens with zero attached hydrogens (tertiary/aromatic N) is 2. The summed E-state index contributed by atoms with van der Waals surface area (Å²) in [6, 6.07) is 7.60. The van der Waals surface area contributed by atoms with E-state index in [1.807, 2.05) is 0 Å². The van der Waals surface area contributed by atoms with Crippen LogP contribution in [0.25, 0.3) is 11.1 Å². The number of ether oxygens (including phenoxy) is 1. The van der Waals surface area contributed by atoms with Crippen molar-refractivity contribution in [1.29, 1.82) is 5.26 Å². The highest BCUT2D eigenvalue weighted by atomic mass is 19.4. The van der Waals surface area contributed by atoms with Crippen LogP contribution in [0, 0.1) is 11.3 Å². The van der Waals surface area contributed by atoms with Crippen molar-refractivity contribution in [3.05, 3.63) is 41.1 Å². The van der Waals surface area contributed by atoms with E-state index < -0.39 is 6.36 Å². The number of alkyl halides is 3. The van der Waals surface area contributed by atoms with Gasteiger partial charge in [0.05, 0.1) is 0 Å². The van der Waals surface area contributed by atoms with Crippen molar-refractivity contribution in [3.63, 3.8) is 0 Å². The van der Waals surface area contributed by atoms with Gasteiger partial charge in [0.1, 0.15) is 23.2 Å². The molecule has 1 aromatic heterocycles. The first-order chi connectivity index (χ1) is 11.9. The molecule has 0 amide bonds. The average molecular weight is 347 g/mol. The Hall–Kier alpha value is -2.75. The Morgan fingerprint density at radius 1 is 1.08 bits per heavy atom. The third-order valence-corrected chi connectivity index (χ3v) is 4.24. The molecule has 3 rings (SSSR count). The minimum absolute atomic E-state index is 0.161. The number of aryl methyl sites for hydroxylation is 1. The molecule has 0 spiro atoms. The van der Waals surface area contributed by atoms with Gasteiger partial charge in [-0.3, -0.25) is 0 Å². The van der Waals surface area contributed by atoms with E-state index in [-0.39, 0.29) is 17.1 Å². The number of halogens is 3. The summed E-state index contributed by atoms with van der Waals surface area (Å²) in [6.07, 6.45) is -0.136. The smallest absolute Gasteiger partial charge is 0.406 e. The van der Waals surface area contributed by atoms with E-state index in [4.69, 9.17) is 5.73 Å². The predicted molar refractivity (Wildman–Crippen MR) is 86.7 cm³/mol. The van der Waals surface area contributed by atoms with E-state index >= 15 is 0 Å². The quantitative estimate of drug-likeness (QED) is 0.819. The van der Waals surface area contributed by atoms with Crippen LogP contribution in [0.2, 0.25) is 0 Å². The first-order valence-electron chi connectivity index (χ1n) is 7.96. The maximum absolute atomic E-state index is 12.3. The number of nitriles is 1. The summed E-state index contributed by atoms with van der Waals surface area (Å²) in [6.45, 7) is 0. The fraction of sp³-hybridized carbons (Fsp3) is 0.333. The topological polar surface area (TPSA) is 71.9 Å². The summed E-state index contributed by atoms with van der Waals surface area (Å²) < 4.78 is 40.9. The third kappa shape index (κ3) is 3.68. The Morgan fingerprint density at radius 2 is 1.76 bits per heavy atom. The molecule has 0 radical (unpaired) electrons. The van der Waals surface area contributed by atoms with Gasteiger partial charge in [0.15, 0.2) is 0 Å². The number of anilines is 1. The van der Waals surface area contributed by atoms with E-state index in [1.54, 1.807) is 0 Å². The maximum Gasteiger partial charge on any atom is 0.573 e. The van der Waals surface area contributed by atoms with Gasteiger partial charge in [-0.1, -0.05) is 18.6 Å². The molecule has 0 aliphatic heterocycles. The number of fused-ring (bicyclic) bond motifs is 1. The Morgan fingerprint density at radius 3 is 2.40 bits per heavy atom. The highest BCUT2D eigenvalue weighted by molar-refractivity contribution is 5.79. The van der Waals surface area contributed by atoms with E-state index in [9.17, 15) is 18.4 Å². The minimum Gasteiger partial charge on any atom is -0.406 e. The van der Waals surface area contributed by atoms with Crippen LogP contribution in [0.1, 0.15) is 36.1 Å². The fourth-order valence-electron chi connectivity index (χ4n) is 3.19. The first kappa shape index (κ1) is 17.1. The highest BCUT2D eigenvalue weighted by Crippen LogP contribution is 2.36. The number of hydrogen-bond donors (Lipinski definition) is 1. The molecule has 0 saturated carbocycles. The monoisotopic (exact) mass is 347 g/mol. The van der Waals surface area contributed by atoms with Gasteiger partial charge < -0.3 is 10.5 Å². The summed E-state index contributed by atoms with van der Waals surface area (Å²) >= 11 is 0. The number of nitrogens with two attached hydrogens (primary N) is 1. The lowest BCUT2D eigenvalue weighted by Crippen LogP contribution is -2.17. The van der Waals surface area contributed by atoms with Crippen LogP contribution in [-0.4, -0.2) is 11.3 Å². The van der Waals surface area contributed by atoms with Gasteiger partial charge in [0.2, 0.25) is 0 Å². The highest BCUT2D eigenvalue weighted by Gasteiger charge is 2.31. The van der Waals surface area contributed by atoms with Gasteiger partial charge in [-0.15, -0.1) is 13.2 Å². The van der Waals surface area contributed by atoms with E-state index in [0.29, 0.717) is 11.1 Å². The van der Waals surface area contributed by atoms with E-state index in [0.717, 1.165) is 43.4 Å². The second-order valence-electron chi connectivity index (χ2n) is 5.92. The molecule has 1 aliphatic carbocycles. The average Bonchev–Trinajstić information content (AvgIpc) is 2.78. The molecule has 7 heteroatoms. The normalized spacial score (nSPS) is 14.3. The first-order valence-corrected chi connectivity index (χ1v) is 7.96. The molecule has 1 aliphatic rings. The van der Waals surface area contributed by atoms with Crippen LogP contribution in [0.15, 0.2) is 24.3 Å². The zero-order valence-corrected chi connectivity index (χ0v) is 13.4. The summed E-state index contributed by atoms with van der Waals surface area (Å²) in [5, 5.41) is 9.50. The standard InChI is InChI=1S/C18H16F3N3O/c19-18(20,21)25-12-8-6-11(7-9-12)16-13-4-2-1-3-5-15(13)24-17(23)14(16)10-22/h6-9H,1-5H2,(H2,23,24). The Kier molecular flexibility index (Phi) is 4.53. The van der Waals surface area contributed by atoms with Crippen molar-refractivity contribution in [1.82, 2.24) is 4.98 Å². The Labute approximate surface area is 143 Å². The van der Waals surface area contributed by atoms with Gasteiger partial charge in [-0.25, -0.2) is 4.98 Å². The molecule has 25 heavy (non-hydrogen) atoms. The molecule has 0 fully saturated rings. The second kappa shape index (κ2) is 6.63. The molecular weight excluding hydrogens is 331 g/mol. The van der Waals surface area contributed by atoms with Gasteiger partial charge in [0.25, 0.3) is 0 Å². The summed E-state index contributed by atoms with van der Waals surface area (Å²) in [5.41, 5.74) is 9.37. The summed E-state index contributed by atoms with van der Waals surface area (Å²) in [7, 11) is 0.